The molecule has 0 aromatic heterocycles. The van der Waals surface area contributed by atoms with Crippen LogP contribution >= 0.6 is 0 Å². The van der Waals surface area contributed by atoms with E-state index in [1.54, 1.807) is 30.2 Å². The maximum absolute atomic E-state index is 13.6. The van der Waals surface area contributed by atoms with Crippen molar-refractivity contribution in [1.82, 2.24) is 0 Å². The Morgan fingerprint density at radius 2 is 1.79 bits per heavy atom. The summed E-state index contributed by atoms with van der Waals surface area (Å²) in [7, 11) is -2.18. The molecule has 0 saturated carbocycles. The van der Waals surface area contributed by atoms with Gasteiger partial charge in [0.05, 0.1) is 23.4 Å². The number of para-hydroxylation sites is 1. The molecule has 0 atom stereocenters. The van der Waals surface area contributed by atoms with E-state index in [4.69, 9.17) is 4.74 Å². The van der Waals surface area contributed by atoms with Crippen molar-refractivity contribution in [2.24, 2.45) is 0 Å². The standard InChI is InChI=1S/C26H26N2O4S/c1-18-12-13-24(32-2)25-22(18)10-6-15-27(25)26(29)20-8-5-9-21(17-20)33(30,31)28-16-14-19-7-3-4-11-23(19)28/h3-5,7-9,11-13,17H,6,10,14-16H2,1-2H3. The smallest absolute Gasteiger partial charge is 0.264 e. The molecule has 0 fully saturated rings. The number of anilines is 2. The van der Waals surface area contributed by atoms with Crippen molar-refractivity contribution >= 4 is 27.3 Å². The molecule has 5 rings (SSSR count). The molecule has 0 bridgehead atoms. The third-order valence-electron chi connectivity index (χ3n) is 6.54. The highest BCUT2D eigenvalue weighted by atomic mass is 32.2. The number of benzene rings is 3. The van der Waals surface area contributed by atoms with Crippen molar-refractivity contribution in [3.05, 3.63) is 82.9 Å². The van der Waals surface area contributed by atoms with Crippen molar-refractivity contribution in [1.29, 1.82) is 0 Å². The molecular weight excluding hydrogens is 436 g/mol. The molecular formula is C26H26N2O4S. The van der Waals surface area contributed by atoms with E-state index in [9.17, 15) is 13.2 Å². The fourth-order valence-corrected chi connectivity index (χ4v) is 6.40. The first kappa shape index (κ1) is 21.5. The minimum absolute atomic E-state index is 0.124. The molecule has 6 nitrogen and oxygen atoms in total. The number of methoxy groups -OCH3 is 1. The molecule has 0 saturated heterocycles. The molecule has 170 valence electrons. The van der Waals surface area contributed by atoms with Gasteiger partial charge in [-0.25, -0.2) is 8.42 Å². The van der Waals surface area contributed by atoms with Crippen LogP contribution in [-0.4, -0.2) is 34.5 Å². The number of ether oxygens (including phenoxy) is 1. The minimum atomic E-state index is -3.78. The topological polar surface area (TPSA) is 66.9 Å². The number of rotatable bonds is 4. The number of carbonyl (C=O) groups is 1. The normalized spacial score (nSPS) is 15.2. The summed E-state index contributed by atoms with van der Waals surface area (Å²) in [6, 6.07) is 17.8. The Kier molecular flexibility index (Phi) is 5.37. The third-order valence-corrected chi connectivity index (χ3v) is 8.35. The lowest BCUT2D eigenvalue weighted by Gasteiger charge is -2.32. The number of nitrogens with zero attached hydrogens (tertiary/aromatic N) is 2. The number of fused-ring (bicyclic) bond motifs is 2. The highest BCUT2D eigenvalue weighted by molar-refractivity contribution is 7.92. The van der Waals surface area contributed by atoms with Crippen LogP contribution in [0.3, 0.4) is 0 Å². The number of hydrogen-bond acceptors (Lipinski definition) is 4. The number of carbonyl (C=O) groups excluding carboxylic acids is 1. The van der Waals surface area contributed by atoms with Crippen LogP contribution in [0.4, 0.5) is 11.4 Å². The first-order chi connectivity index (χ1) is 15.9. The SMILES string of the molecule is COc1ccc(C)c2c1N(C(=O)c1cccc(S(=O)(=O)N3CCc4ccccc43)c1)CCC2. The van der Waals surface area contributed by atoms with Crippen molar-refractivity contribution < 1.29 is 17.9 Å². The van der Waals surface area contributed by atoms with Gasteiger partial charge in [0.15, 0.2) is 0 Å². The Hall–Kier alpha value is -3.32. The van der Waals surface area contributed by atoms with Gasteiger partial charge in [0, 0.05) is 18.7 Å². The van der Waals surface area contributed by atoms with Crippen molar-refractivity contribution in [3.63, 3.8) is 0 Å². The van der Waals surface area contributed by atoms with E-state index in [0.29, 0.717) is 36.5 Å². The molecule has 0 radical (unpaired) electrons. The molecule has 2 aliphatic rings. The fraction of sp³-hybridized carbons (Fsp3) is 0.269. The van der Waals surface area contributed by atoms with Gasteiger partial charge >= 0.3 is 0 Å². The number of hydrogen-bond donors (Lipinski definition) is 0. The Morgan fingerprint density at radius 1 is 0.970 bits per heavy atom. The molecule has 3 aromatic carbocycles. The van der Waals surface area contributed by atoms with Crippen LogP contribution in [0, 0.1) is 6.92 Å². The zero-order valence-corrected chi connectivity index (χ0v) is 19.6. The number of amides is 1. The van der Waals surface area contributed by atoms with Gasteiger partial charge in [-0.15, -0.1) is 0 Å². The Morgan fingerprint density at radius 3 is 2.61 bits per heavy atom. The second-order valence-electron chi connectivity index (χ2n) is 8.46. The summed E-state index contributed by atoms with van der Waals surface area (Å²) >= 11 is 0. The molecule has 0 aliphatic carbocycles. The predicted octanol–water partition coefficient (Wildman–Crippen LogP) is 4.35. The molecule has 3 aromatic rings. The summed E-state index contributed by atoms with van der Waals surface area (Å²) in [6.45, 7) is 2.99. The van der Waals surface area contributed by atoms with Crippen LogP contribution in [0.5, 0.6) is 5.75 Å². The summed E-state index contributed by atoms with van der Waals surface area (Å²) < 4.78 is 34.0. The number of sulfonamides is 1. The van der Waals surface area contributed by atoms with Gasteiger partial charge in [0.2, 0.25) is 0 Å². The van der Waals surface area contributed by atoms with Crippen LogP contribution in [0.2, 0.25) is 0 Å². The van der Waals surface area contributed by atoms with Gasteiger partial charge in [-0.3, -0.25) is 9.10 Å². The Bertz CT molecular complexity index is 1350. The van der Waals surface area contributed by atoms with E-state index in [1.165, 1.54) is 10.4 Å². The second kappa shape index (κ2) is 8.23. The van der Waals surface area contributed by atoms with Crippen molar-refractivity contribution in [3.8, 4) is 5.75 Å². The van der Waals surface area contributed by atoms with E-state index in [1.807, 2.05) is 43.3 Å². The quantitative estimate of drug-likeness (QED) is 0.578. The summed E-state index contributed by atoms with van der Waals surface area (Å²) in [4.78, 5) is 15.5. The average molecular weight is 463 g/mol. The fourth-order valence-electron chi connectivity index (χ4n) is 4.85. The lowest BCUT2D eigenvalue weighted by atomic mass is 9.95. The molecule has 33 heavy (non-hydrogen) atoms. The van der Waals surface area contributed by atoms with Gasteiger partial charge < -0.3 is 9.64 Å². The summed E-state index contributed by atoms with van der Waals surface area (Å²) in [5, 5.41) is 0. The highest BCUT2D eigenvalue weighted by Crippen LogP contribution is 2.39. The molecule has 0 N–H and O–H groups in total. The molecule has 7 heteroatoms. The van der Waals surface area contributed by atoms with E-state index < -0.39 is 10.0 Å². The Balaban J connectivity index is 1.52. The van der Waals surface area contributed by atoms with Gasteiger partial charge in [-0.1, -0.05) is 30.3 Å². The van der Waals surface area contributed by atoms with Gasteiger partial charge in [0.25, 0.3) is 15.9 Å². The van der Waals surface area contributed by atoms with Crippen molar-refractivity contribution in [2.75, 3.05) is 29.4 Å². The van der Waals surface area contributed by atoms with E-state index in [0.717, 1.165) is 35.2 Å². The van der Waals surface area contributed by atoms with Crippen LogP contribution in [-0.2, 0) is 22.9 Å². The summed E-state index contributed by atoms with van der Waals surface area (Å²) in [5.74, 6) is 0.430. The lowest BCUT2D eigenvalue weighted by molar-refractivity contribution is 0.0984. The second-order valence-corrected chi connectivity index (χ2v) is 10.3. The lowest BCUT2D eigenvalue weighted by Crippen LogP contribution is -2.36. The largest absolute Gasteiger partial charge is 0.495 e. The maximum Gasteiger partial charge on any atom is 0.264 e. The molecule has 2 aliphatic heterocycles. The number of aryl methyl sites for hydroxylation is 1. The van der Waals surface area contributed by atoms with Gasteiger partial charge in [0.1, 0.15) is 5.75 Å². The van der Waals surface area contributed by atoms with E-state index in [2.05, 4.69) is 0 Å². The summed E-state index contributed by atoms with van der Waals surface area (Å²) in [5.41, 5.74) is 5.08. The highest BCUT2D eigenvalue weighted by Gasteiger charge is 2.32. The predicted molar refractivity (Wildman–Crippen MR) is 129 cm³/mol. The first-order valence-electron chi connectivity index (χ1n) is 11.1. The Labute approximate surface area is 194 Å². The minimum Gasteiger partial charge on any atom is -0.495 e. The zero-order valence-electron chi connectivity index (χ0n) is 18.7. The van der Waals surface area contributed by atoms with Crippen LogP contribution in [0.15, 0.2) is 65.6 Å². The molecule has 2 heterocycles. The first-order valence-corrected chi connectivity index (χ1v) is 12.5. The molecule has 1 amide bonds. The maximum atomic E-state index is 13.6. The van der Waals surface area contributed by atoms with E-state index in [-0.39, 0.29) is 10.8 Å². The van der Waals surface area contributed by atoms with Crippen LogP contribution in [0.1, 0.15) is 33.5 Å². The molecule has 0 unspecified atom stereocenters. The van der Waals surface area contributed by atoms with E-state index >= 15 is 0 Å². The summed E-state index contributed by atoms with van der Waals surface area (Å²) in [6.07, 6.45) is 2.40. The third kappa shape index (κ3) is 3.56. The van der Waals surface area contributed by atoms with Gasteiger partial charge in [-0.05, 0) is 73.2 Å². The molecule has 0 spiro atoms. The zero-order chi connectivity index (χ0) is 23.2. The average Bonchev–Trinajstić information content (AvgIpc) is 3.29. The van der Waals surface area contributed by atoms with Crippen LogP contribution < -0.4 is 13.9 Å². The monoisotopic (exact) mass is 462 g/mol. The van der Waals surface area contributed by atoms with Crippen molar-refractivity contribution in [2.45, 2.75) is 31.1 Å². The van der Waals surface area contributed by atoms with Gasteiger partial charge in [-0.2, -0.15) is 0 Å². The van der Waals surface area contributed by atoms with Crippen LogP contribution in [0.25, 0.3) is 0 Å².